The van der Waals surface area contributed by atoms with Crippen molar-refractivity contribution in [3.8, 4) is 0 Å². The molecule has 0 fully saturated rings. The van der Waals surface area contributed by atoms with Crippen molar-refractivity contribution < 1.29 is 28.1 Å². The van der Waals surface area contributed by atoms with Crippen LogP contribution in [0.5, 0.6) is 0 Å². The Hall–Kier alpha value is -4.60. The van der Waals surface area contributed by atoms with Gasteiger partial charge in [0.05, 0.1) is 20.8 Å². The first-order chi connectivity index (χ1) is 31.6. The van der Waals surface area contributed by atoms with Gasteiger partial charge in [0.15, 0.2) is 0 Å². The third-order valence-corrected chi connectivity index (χ3v) is 21.6. The largest absolute Gasteiger partial charge is 0.407 e. The van der Waals surface area contributed by atoms with Gasteiger partial charge in [-0.1, -0.05) is 210 Å². The molecule has 1 atom stereocenters. The van der Waals surface area contributed by atoms with E-state index in [0.717, 1.165) is 38.6 Å². The minimum absolute atomic E-state index is 0.0174. The van der Waals surface area contributed by atoms with Gasteiger partial charge in [0.2, 0.25) is 6.54 Å². The highest BCUT2D eigenvalue weighted by atomic mass is 32.0. The Morgan fingerprint density at radius 3 is 1.36 bits per heavy atom. The molecule has 0 aliphatic carbocycles. The Bertz CT molecular complexity index is 2060. The number of hydrogen-bond donors (Lipinski definition) is 0. The first kappa shape index (κ1) is 57.5. The predicted molar refractivity (Wildman–Crippen MR) is 287 cm³/mol. The summed E-state index contributed by atoms with van der Waals surface area (Å²) in [4.78, 5) is 35.2. The van der Waals surface area contributed by atoms with E-state index < -0.39 is 16.6 Å². The molecule has 0 radical (unpaired) electrons. The topological polar surface area (TPSA) is 81.9 Å². The first-order valence-electron chi connectivity index (χ1n) is 22.2. The van der Waals surface area contributed by atoms with E-state index in [0.29, 0.717) is 19.8 Å². The van der Waals surface area contributed by atoms with Crippen molar-refractivity contribution in [2.45, 2.75) is 77.3 Å². The van der Waals surface area contributed by atoms with E-state index in [1.807, 2.05) is 6.08 Å². The Balaban J connectivity index is 0.000000386. The third kappa shape index (κ3) is 17.9. The zero-order valence-corrected chi connectivity index (χ0v) is 44.9. The normalized spacial score (nSPS) is 12.1. The van der Waals surface area contributed by atoms with Crippen LogP contribution in [0.15, 0.2) is 158 Å². The van der Waals surface area contributed by atoms with Crippen molar-refractivity contribution in [3.05, 3.63) is 169 Å². The van der Waals surface area contributed by atoms with Crippen LogP contribution in [0, 0.1) is 6.57 Å². The van der Waals surface area contributed by atoms with Crippen LogP contribution < -0.4 is 20.7 Å². The number of carbonyl (C=O) groups excluding carboxylic acids is 2. The number of unbranched alkanes of at least 4 members (excludes halogenated alkanes) is 1. The fourth-order valence-corrected chi connectivity index (χ4v) is 17.1. The molecule has 0 aliphatic rings. The zero-order chi connectivity index (χ0) is 48.9. The van der Waals surface area contributed by atoms with Crippen LogP contribution in [0.3, 0.4) is 0 Å². The molecule has 4 aromatic carbocycles. The highest BCUT2D eigenvalue weighted by Crippen LogP contribution is 2.38. The van der Waals surface area contributed by atoms with Gasteiger partial charge in [0, 0.05) is 39.0 Å². The molecule has 2 amide bonds. The molecule has 0 bridgehead atoms. The molecule has 9 nitrogen and oxygen atoms in total. The van der Waals surface area contributed by atoms with Crippen LogP contribution >= 0.6 is 16.8 Å². The highest BCUT2D eigenvalue weighted by Gasteiger charge is 2.51. The lowest BCUT2D eigenvalue weighted by Crippen LogP contribution is -2.66. The van der Waals surface area contributed by atoms with Gasteiger partial charge in [0.25, 0.3) is 28.4 Å². The molecule has 13 heteroatoms. The number of allylic oxidation sites excluding steroid dienone is 2. The van der Waals surface area contributed by atoms with Crippen LogP contribution in [0.2, 0.25) is 10.1 Å². The lowest BCUT2D eigenvalue weighted by molar-refractivity contribution is -0.162. The molecule has 66 heavy (non-hydrogen) atoms. The number of carbonyl (C=O) groups is 2. The Kier molecular flexibility index (Phi) is 26.7. The van der Waals surface area contributed by atoms with Gasteiger partial charge < -0.3 is 13.7 Å². The van der Waals surface area contributed by atoms with Crippen molar-refractivity contribution in [2.24, 2.45) is 0 Å². The quantitative estimate of drug-likeness (QED) is 0.0167. The maximum Gasteiger partial charge on any atom is 0.274 e. The van der Waals surface area contributed by atoms with E-state index >= 15 is 0 Å². The monoisotopic (exact) mass is 965 g/mol. The van der Waals surface area contributed by atoms with Crippen LogP contribution in [0.25, 0.3) is 4.85 Å². The summed E-state index contributed by atoms with van der Waals surface area (Å²) in [6, 6.07) is 42.7. The molecule has 0 heterocycles. The molecular formula is C53H73N3O6P2Si2. The summed E-state index contributed by atoms with van der Waals surface area (Å²) in [5, 5.41) is 7.55. The minimum Gasteiger partial charge on any atom is -0.407 e. The molecule has 0 aromatic heterocycles. The van der Waals surface area contributed by atoms with Gasteiger partial charge in [-0.2, -0.15) is 0 Å². The average Bonchev–Trinajstić information content (AvgIpc) is 3.32. The molecule has 4 aromatic rings. The summed E-state index contributed by atoms with van der Waals surface area (Å²) in [6.45, 7) is 22.4. The lowest BCUT2D eigenvalue weighted by Gasteiger charge is -2.43. The molecule has 1 unspecified atom stereocenters. The van der Waals surface area contributed by atoms with Crippen LogP contribution in [0.1, 0.15) is 67.2 Å². The van der Waals surface area contributed by atoms with Crippen molar-refractivity contribution in [1.29, 1.82) is 0 Å². The summed E-state index contributed by atoms with van der Waals surface area (Å²) in [6.07, 6.45) is 15.2. The molecule has 0 aliphatic heterocycles. The van der Waals surface area contributed by atoms with Gasteiger partial charge in [-0.15, -0.1) is 0 Å². The standard InChI is InChI=1S/C26H35NO3Si.C23H29NOSi.C4H9NO2P2/c1-26(2,3)31(23-17-11-9-12-18-23,24-19-13-10-14-20-24)30-22-16-8-6-7-15-21-25(28)27(4)29-5;1-23(2,3)26(21-15-9-7-10-16-21,22-17-11-8-12-18-22)25-20-14-6-5-13-19-24-4;1-5(7-2)4(6)3-9-8/h8-21H,6-7,22H2,1-5H3;5-12,15-18H,13-14,19-20H2,1-3H3;3H,8H2,1-2H3/b16-8+,21-15+;6-5+;. The van der Waals surface area contributed by atoms with E-state index in [4.69, 9.17) is 20.3 Å². The molecular weight excluding hydrogens is 893 g/mol. The fourth-order valence-electron chi connectivity index (χ4n) is 7.34. The summed E-state index contributed by atoms with van der Waals surface area (Å²) in [5.74, 6) is 1.20. The van der Waals surface area contributed by atoms with Gasteiger partial charge >= 0.3 is 0 Å². The van der Waals surface area contributed by atoms with Crippen molar-refractivity contribution in [3.63, 3.8) is 0 Å². The smallest absolute Gasteiger partial charge is 0.274 e. The maximum atomic E-state index is 11.7. The highest BCUT2D eigenvalue weighted by molar-refractivity contribution is 8.02. The molecule has 0 spiro atoms. The van der Waals surface area contributed by atoms with Gasteiger partial charge in [0.1, 0.15) is 0 Å². The summed E-state index contributed by atoms with van der Waals surface area (Å²) < 4.78 is 13.6. The number of hydrogen-bond acceptors (Lipinski definition) is 6. The Morgan fingerprint density at radius 2 is 0.970 bits per heavy atom. The van der Waals surface area contributed by atoms with Crippen LogP contribution in [0.4, 0.5) is 0 Å². The van der Waals surface area contributed by atoms with E-state index in [9.17, 15) is 9.59 Å². The Labute approximate surface area is 402 Å². The van der Waals surface area contributed by atoms with Gasteiger partial charge in [-0.25, -0.2) is 16.7 Å². The molecule has 354 valence electrons. The number of rotatable bonds is 20. The second-order valence-electron chi connectivity index (χ2n) is 17.2. The van der Waals surface area contributed by atoms with Crippen molar-refractivity contribution >= 4 is 71.8 Å². The van der Waals surface area contributed by atoms with E-state index in [1.54, 1.807) is 14.1 Å². The van der Waals surface area contributed by atoms with Gasteiger partial charge in [-0.05, 0) is 50.1 Å². The molecule has 0 saturated heterocycles. The summed E-state index contributed by atoms with van der Waals surface area (Å²) >= 11 is 0. The molecule has 0 saturated carbocycles. The molecule has 4 rings (SSSR count). The van der Waals surface area contributed by atoms with Crippen molar-refractivity contribution in [2.75, 3.05) is 48.1 Å². The molecule has 0 N–H and O–H groups in total. The lowest BCUT2D eigenvalue weighted by atomic mass is 10.2. The zero-order valence-electron chi connectivity index (χ0n) is 40.9. The number of amides is 2. The minimum atomic E-state index is -2.49. The average molecular weight is 966 g/mol. The van der Waals surface area contributed by atoms with Crippen LogP contribution in [-0.4, -0.2) is 92.4 Å². The summed E-state index contributed by atoms with van der Waals surface area (Å²) in [7, 11) is 4.45. The van der Waals surface area contributed by atoms with Crippen LogP contribution in [-0.2, 0) is 28.1 Å². The second-order valence-corrected chi connectivity index (χ2v) is 27.2. The predicted octanol–water partition coefficient (Wildman–Crippen LogP) is 9.84. The number of nitrogens with zero attached hydrogens (tertiary/aromatic N) is 3. The summed E-state index contributed by atoms with van der Waals surface area (Å²) in [5.41, 5.74) is 0. The van der Waals surface area contributed by atoms with E-state index in [2.05, 4.69) is 206 Å². The van der Waals surface area contributed by atoms with Gasteiger partial charge in [-0.3, -0.25) is 19.3 Å². The second kappa shape index (κ2) is 30.6. The van der Waals surface area contributed by atoms with E-state index in [-0.39, 0.29) is 21.9 Å². The number of hydroxylamine groups is 4. The fraction of sp³-hybridized carbons (Fsp3) is 0.358. The Morgan fingerprint density at radius 1 is 0.591 bits per heavy atom. The maximum absolute atomic E-state index is 11.7. The third-order valence-electron chi connectivity index (χ3n) is 10.7. The van der Waals surface area contributed by atoms with Crippen molar-refractivity contribution in [1.82, 2.24) is 10.1 Å². The van der Waals surface area contributed by atoms with E-state index in [1.165, 1.54) is 51.9 Å². The first-order valence-corrected chi connectivity index (χ1v) is 28.6. The number of likely N-dealkylation sites (N-methyl/N-ethyl adjacent to an activating group) is 1. The SMILES string of the molecule is CON(C)C(=O)/C=C/CC/C=C/CO[Si](c1ccccc1)(c1ccccc1)C(C)(C)C.CON(C)C(=O)C=PP.[C-]#[N+]CC/C=C/CCO[Si](c1ccccc1)(c1ccccc1)C(C)(C)C. The number of benzene rings is 4.